The second-order valence-electron chi connectivity index (χ2n) is 7.60. The molecule has 2 aromatic rings. The first kappa shape index (κ1) is 16.3. The molecule has 25 heavy (non-hydrogen) atoms. The SMILES string of the molecule is O=C(NCC1(c2ccccc2)CC1)C1(c2ccccc2F)CCCC1. The van der Waals surface area contributed by atoms with Crippen LogP contribution in [0.15, 0.2) is 54.6 Å². The summed E-state index contributed by atoms with van der Waals surface area (Å²) in [7, 11) is 0. The van der Waals surface area contributed by atoms with Gasteiger partial charge in [-0.3, -0.25) is 4.79 Å². The van der Waals surface area contributed by atoms with Gasteiger partial charge in [0.05, 0.1) is 5.41 Å². The molecule has 0 saturated heterocycles. The minimum absolute atomic E-state index is 0.00249. The zero-order valence-corrected chi connectivity index (χ0v) is 14.4. The fourth-order valence-corrected chi connectivity index (χ4v) is 4.38. The standard InChI is InChI=1S/C22H24FNO/c23-19-11-5-4-10-18(19)22(12-6-7-13-22)20(25)24-16-21(14-15-21)17-8-2-1-3-9-17/h1-5,8-11H,6-7,12-16H2,(H,24,25). The van der Waals surface area contributed by atoms with Gasteiger partial charge >= 0.3 is 0 Å². The number of benzene rings is 2. The molecular formula is C22H24FNO. The molecule has 0 radical (unpaired) electrons. The third-order valence-electron chi connectivity index (χ3n) is 6.11. The molecule has 2 fully saturated rings. The molecule has 0 aromatic heterocycles. The largest absolute Gasteiger partial charge is 0.354 e. The summed E-state index contributed by atoms with van der Waals surface area (Å²) in [4.78, 5) is 13.1. The third-order valence-corrected chi connectivity index (χ3v) is 6.11. The Balaban J connectivity index is 1.54. The monoisotopic (exact) mass is 337 g/mol. The molecule has 0 atom stereocenters. The molecule has 130 valence electrons. The maximum atomic E-state index is 14.4. The molecule has 2 aromatic carbocycles. The van der Waals surface area contributed by atoms with Gasteiger partial charge in [0.2, 0.25) is 5.91 Å². The van der Waals surface area contributed by atoms with Crippen LogP contribution in [0.3, 0.4) is 0 Å². The van der Waals surface area contributed by atoms with E-state index in [1.54, 1.807) is 12.1 Å². The molecule has 0 heterocycles. The van der Waals surface area contributed by atoms with Crippen LogP contribution >= 0.6 is 0 Å². The molecule has 1 amide bonds. The molecule has 0 unspecified atom stereocenters. The summed E-state index contributed by atoms with van der Waals surface area (Å²) in [6.45, 7) is 0.645. The fraction of sp³-hybridized carbons (Fsp3) is 0.409. The third kappa shape index (κ3) is 2.86. The zero-order chi connectivity index (χ0) is 17.3. The lowest BCUT2D eigenvalue weighted by Crippen LogP contribution is -2.45. The van der Waals surface area contributed by atoms with E-state index < -0.39 is 5.41 Å². The van der Waals surface area contributed by atoms with Crippen LogP contribution < -0.4 is 5.32 Å². The summed E-state index contributed by atoms with van der Waals surface area (Å²) >= 11 is 0. The lowest BCUT2D eigenvalue weighted by atomic mass is 9.77. The Morgan fingerprint density at radius 1 is 0.920 bits per heavy atom. The number of rotatable bonds is 5. The van der Waals surface area contributed by atoms with E-state index in [9.17, 15) is 9.18 Å². The number of carbonyl (C=O) groups excluding carboxylic acids is 1. The highest BCUT2D eigenvalue weighted by Gasteiger charge is 2.48. The molecule has 0 bridgehead atoms. The van der Waals surface area contributed by atoms with Crippen molar-refractivity contribution < 1.29 is 9.18 Å². The van der Waals surface area contributed by atoms with Gasteiger partial charge in [-0.05, 0) is 37.3 Å². The van der Waals surface area contributed by atoms with Crippen LogP contribution in [0.4, 0.5) is 4.39 Å². The van der Waals surface area contributed by atoms with Crippen molar-refractivity contribution in [3.8, 4) is 0 Å². The number of hydrogen-bond acceptors (Lipinski definition) is 1. The molecule has 0 aliphatic heterocycles. The summed E-state index contributed by atoms with van der Waals surface area (Å²) < 4.78 is 14.4. The maximum absolute atomic E-state index is 14.4. The van der Waals surface area contributed by atoms with Gasteiger partial charge < -0.3 is 5.32 Å². The van der Waals surface area contributed by atoms with Crippen LogP contribution in [0, 0.1) is 5.82 Å². The lowest BCUT2D eigenvalue weighted by Gasteiger charge is -2.30. The maximum Gasteiger partial charge on any atom is 0.230 e. The quantitative estimate of drug-likeness (QED) is 0.856. The van der Waals surface area contributed by atoms with E-state index in [0.29, 0.717) is 12.1 Å². The number of hydrogen-bond donors (Lipinski definition) is 1. The summed E-state index contributed by atoms with van der Waals surface area (Å²) in [6.07, 6.45) is 5.63. The number of carbonyl (C=O) groups is 1. The van der Waals surface area contributed by atoms with Crippen LogP contribution in [-0.4, -0.2) is 12.5 Å². The number of halogens is 1. The molecule has 2 aliphatic carbocycles. The van der Waals surface area contributed by atoms with Gasteiger partial charge in [-0.15, -0.1) is 0 Å². The second kappa shape index (κ2) is 6.29. The first-order chi connectivity index (χ1) is 12.2. The van der Waals surface area contributed by atoms with Gasteiger partial charge in [0.25, 0.3) is 0 Å². The normalized spacial score (nSPS) is 20.2. The van der Waals surface area contributed by atoms with E-state index in [1.807, 2.05) is 12.1 Å². The predicted molar refractivity (Wildman–Crippen MR) is 96.9 cm³/mol. The van der Waals surface area contributed by atoms with Gasteiger partial charge in [0.1, 0.15) is 5.82 Å². The Kier molecular flexibility index (Phi) is 4.10. The van der Waals surface area contributed by atoms with E-state index in [4.69, 9.17) is 0 Å². The molecular weight excluding hydrogens is 313 g/mol. The highest BCUT2D eigenvalue weighted by molar-refractivity contribution is 5.88. The van der Waals surface area contributed by atoms with Crippen molar-refractivity contribution in [2.75, 3.05) is 6.54 Å². The highest BCUT2D eigenvalue weighted by Crippen LogP contribution is 2.48. The average Bonchev–Trinajstić information content (AvgIpc) is 3.29. The van der Waals surface area contributed by atoms with Crippen molar-refractivity contribution in [2.24, 2.45) is 0 Å². The van der Waals surface area contributed by atoms with Crippen molar-refractivity contribution in [3.63, 3.8) is 0 Å². The minimum Gasteiger partial charge on any atom is -0.354 e. The van der Waals surface area contributed by atoms with Crippen molar-refractivity contribution in [1.29, 1.82) is 0 Å². The van der Waals surface area contributed by atoms with E-state index in [2.05, 4.69) is 29.6 Å². The summed E-state index contributed by atoms with van der Waals surface area (Å²) in [6, 6.07) is 17.2. The Labute approximate surface area is 148 Å². The van der Waals surface area contributed by atoms with Crippen LogP contribution in [0.5, 0.6) is 0 Å². The van der Waals surface area contributed by atoms with E-state index >= 15 is 0 Å². The van der Waals surface area contributed by atoms with E-state index in [-0.39, 0.29) is 17.1 Å². The van der Waals surface area contributed by atoms with Crippen molar-refractivity contribution in [3.05, 3.63) is 71.5 Å². The number of nitrogens with one attached hydrogen (secondary N) is 1. The topological polar surface area (TPSA) is 29.1 Å². The van der Waals surface area contributed by atoms with Gasteiger partial charge in [0.15, 0.2) is 0 Å². The van der Waals surface area contributed by atoms with Crippen LogP contribution in [0.2, 0.25) is 0 Å². The highest BCUT2D eigenvalue weighted by atomic mass is 19.1. The summed E-state index contributed by atoms with van der Waals surface area (Å²) in [5, 5.41) is 3.19. The van der Waals surface area contributed by atoms with Gasteiger partial charge in [-0.25, -0.2) is 4.39 Å². The Morgan fingerprint density at radius 3 is 2.20 bits per heavy atom. The van der Waals surface area contributed by atoms with Crippen LogP contribution in [-0.2, 0) is 15.6 Å². The molecule has 3 heteroatoms. The van der Waals surface area contributed by atoms with E-state index in [0.717, 1.165) is 38.5 Å². The first-order valence-electron chi connectivity index (χ1n) is 9.25. The van der Waals surface area contributed by atoms with Gasteiger partial charge in [-0.1, -0.05) is 61.4 Å². The van der Waals surface area contributed by atoms with Gasteiger partial charge in [0, 0.05) is 17.5 Å². The number of amides is 1. The first-order valence-corrected chi connectivity index (χ1v) is 9.25. The van der Waals surface area contributed by atoms with Gasteiger partial charge in [-0.2, -0.15) is 0 Å². The Hall–Kier alpha value is -2.16. The molecule has 2 nitrogen and oxygen atoms in total. The Morgan fingerprint density at radius 2 is 1.56 bits per heavy atom. The van der Waals surface area contributed by atoms with Crippen molar-refractivity contribution in [2.45, 2.75) is 49.4 Å². The van der Waals surface area contributed by atoms with E-state index in [1.165, 1.54) is 11.6 Å². The smallest absolute Gasteiger partial charge is 0.230 e. The fourth-order valence-electron chi connectivity index (χ4n) is 4.38. The second-order valence-corrected chi connectivity index (χ2v) is 7.60. The molecule has 1 N–H and O–H groups in total. The Bertz CT molecular complexity index is 761. The van der Waals surface area contributed by atoms with Crippen LogP contribution in [0.1, 0.15) is 49.7 Å². The lowest BCUT2D eigenvalue weighted by molar-refractivity contribution is -0.126. The van der Waals surface area contributed by atoms with Crippen molar-refractivity contribution in [1.82, 2.24) is 5.32 Å². The predicted octanol–water partition coefficient (Wildman–Crippen LogP) is 4.49. The average molecular weight is 337 g/mol. The molecule has 2 saturated carbocycles. The molecule has 0 spiro atoms. The molecule has 4 rings (SSSR count). The van der Waals surface area contributed by atoms with Crippen LogP contribution in [0.25, 0.3) is 0 Å². The minimum atomic E-state index is -0.696. The molecule has 2 aliphatic rings. The zero-order valence-electron chi connectivity index (χ0n) is 14.4. The summed E-state index contributed by atoms with van der Waals surface area (Å²) in [5.41, 5.74) is 1.24. The van der Waals surface area contributed by atoms with Crippen molar-refractivity contribution >= 4 is 5.91 Å². The summed E-state index contributed by atoms with van der Waals surface area (Å²) in [5.74, 6) is -0.263.